The van der Waals surface area contributed by atoms with Crippen LogP contribution in [0.1, 0.15) is 115 Å². The summed E-state index contributed by atoms with van der Waals surface area (Å²) >= 11 is 1.17. The van der Waals surface area contributed by atoms with E-state index in [-0.39, 0.29) is 43.4 Å². The van der Waals surface area contributed by atoms with Crippen molar-refractivity contribution in [3.05, 3.63) is 45.3 Å². The number of amides is 2. The van der Waals surface area contributed by atoms with E-state index in [0.29, 0.717) is 32.5 Å². The zero-order valence-electron chi connectivity index (χ0n) is 23.3. The molecule has 0 unspecified atom stereocenters. The van der Waals surface area contributed by atoms with Crippen LogP contribution in [0.3, 0.4) is 0 Å². The number of hydrogen-bond donors (Lipinski definition) is 2. The van der Waals surface area contributed by atoms with Gasteiger partial charge in [-0.15, -0.1) is 11.3 Å². The largest absolute Gasteiger partial charge is 0.389 e. The molecule has 42 heavy (non-hydrogen) atoms. The molecule has 2 saturated carbocycles. The summed E-state index contributed by atoms with van der Waals surface area (Å²) in [5, 5.41) is 7.78. The molecule has 2 fully saturated rings. The molecule has 0 bridgehead atoms. The second-order valence-electron chi connectivity index (χ2n) is 11.7. The van der Waals surface area contributed by atoms with Crippen molar-refractivity contribution in [3.63, 3.8) is 0 Å². The van der Waals surface area contributed by atoms with Gasteiger partial charge in [0.05, 0.1) is 42.2 Å². The minimum absolute atomic E-state index is 0.0789. The van der Waals surface area contributed by atoms with Crippen molar-refractivity contribution in [3.8, 4) is 0 Å². The van der Waals surface area contributed by atoms with Gasteiger partial charge in [-0.2, -0.15) is 18.3 Å². The van der Waals surface area contributed by atoms with Crippen molar-refractivity contribution < 1.29 is 31.5 Å². The summed E-state index contributed by atoms with van der Waals surface area (Å²) in [5.41, 5.74) is 7.84. The lowest BCUT2D eigenvalue weighted by atomic mass is 9.77. The van der Waals surface area contributed by atoms with Crippen LogP contribution in [0.15, 0.2) is 18.5 Å². The van der Waals surface area contributed by atoms with Crippen LogP contribution in [0.25, 0.3) is 5.65 Å². The molecule has 0 aromatic carbocycles. The van der Waals surface area contributed by atoms with E-state index in [0.717, 1.165) is 12.8 Å². The second kappa shape index (κ2) is 11.5. The zero-order chi connectivity index (χ0) is 30.4. The van der Waals surface area contributed by atoms with Gasteiger partial charge in [0.2, 0.25) is 11.8 Å². The SMILES string of the molecule is CC(C)c1nc([C@H](c2cn3ncc([C@H](NC(=O)CCC(F)(F)F)C4CC4)cc3n2)C2CCC(F)(F)CC2)sc1C(N)=O. The van der Waals surface area contributed by atoms with Crippen molar-refractivity contribution in [1.82, 2.24) is 24.9 Å². The smallest absolute Gasteiger partial charge is 0.365 e. The Labute approximate surface area is 243 Å². The number of nitrogens with one attached hydrogen (secondary N) is 1. The normalized spacial score (nSPS) is 19.2. The highest BCUT2D eigenvalue weighted by atomic mass is 32.1. The number of primary amides is 1. The first-order valence-corrected chi connectivity index (χ1v) is 14.9. The van der Waals surface area contributed by atoms with Gasteiger partial charge in [-0.05, 0) is 55.1 Å². The fourth-order valence-electron chi connectivity index (χ4n) is 5.65. The van der Waals surface area contributed by atoms with E-state index in [1.807, 2.05) is 13.8 Å². The Bertz CT molecular complexity index is 1450. The molecule has 0 aliphatic heterocycles. The number of nitrogens with two attached hydrogens (primary N) is 1. The Morgan fingerprint density at radius 2 is 1.83 bits per heavy atom. The molecular weight excluding hydrogens is 579 g/mol. The first-order chi connectivity index (χ1) is 19.7. The Morgan fingerprint density at radius 1 is 1.14 bits per heavy atom. The summed E-state index contributed by atoms with van der Waals surface area (Å²) in [6, 6.07) is 1.25. The summed E-state index contributed by atoms with van der Waals surface area (Å²) in [4.78, 5) is 34.4. The lowest BCUT2D eigenvalue weighted by Gasteiger charge is -2.32. The second-order valence-corrected chi connectivity index (χ2v) is 12.7. The minimum Gasteiger partial charge on any atom is -0.365 e. The van der Waals surface area contributed by atoms with Crippen LogP contribution in [0.2, 0.25) is 0 Å². The third-order valence-electron chi connectivity index (χ3n) is 8.02. The first-order valence-electron chi connectivity index (χ1n) is 14.1. The van der Waals surface area contributed by atoms with Crippen molar-refractivity contribution in [1.29, 1.82) is 0 Å². The fourth-order valence-corrected chi connectivity index (χ4v) is 6.93. The van der Waals surface area contributed by atoms with Gasteiger partial charge in [-0.1, -0.05) is 13.8 Å². The van der Waals surface area contributed by atoms with E-state index in [1.165, 1.54) is 11.3 Å². The molecule has 228 valence electrons. The maximum Gasteiger partial charge on any atom is 0.389 e. The lowest BCUT2D eigenvalue weighted by molar-refractivity contribution is -0.144. The van der Waals surface area contributed by atoms with Crippen LogP contribution in [0, 0.1) is 11.8 Å². The number of fused-ring (bicyclic) bond motifs is 1. The van der Waals surface area contributed by atoms with Crippen molar-refractivity contribution >= 4 is 28.8 Å². The number of halogens is 5. The van der Waals surface area contributed by atoms with E-state index in [9.17, 15) is 31.5 Å². The van der Waals surface area contributed by atoms with Crippen LogP contribution >= 0.6 is 11.3 Å². The van der Waals surface area contributed by atoms with E-state index in [1.54, 1.807) is 23.0 Å². The average molecular weight is 613 g/mol. The molecule has 2 atom stereocenters. The molecule has 2 aliphatic rings. The first kappa shape index (κ1) is 30.3. The maximum absolute atomic E-state index is 14.1. The number of alkyl halides is 5. The molecular formula is C28H33F5N6O2S. The summed E-state index contributed by atoms with van der Waals surface area (Å²) < 4.78 is 67.6. The number of carbonyl (C=O) groups excluding carboxylic acids is 2. The third-order valence-corrected chi connectivity index (χ3v) is 9.19. The molecule has 3 heterocycles. The van der Waals surface area contributed by atoms with Gasteiger partial charge in [0, 0.05) is 19.3 Å². The number of carbonyl (C=O) groups is 2. The predicted molar refractivity (Wildman–Crippen MR) is 145 cm³/mol. The fraction of sp³-hybridized carbons (Fsp3) is 0.607. The van der Waals surface area contributed by atoms with Gasteiger partial charge < -0.3 is 11.1 Å². The standard InChI is InChI=1S/C28H33F5N6O2S/c1-14(2)22-24(25(34)41)42-26(38-22)21(15-5-8-27(29,30)9-6-15)18-13-39-19(36-18)11-17(12-35-39)23(16-3-4-16)37-20(40)7-10-28(31,32)33/h11-16,21,23H,3-10H2,1-2H3,(H2,34,41)(H,37,40)/t21-,23+/m0/s1. The predicted octanol–water partition coefficient (Wildman–Crippen LogP) is 6.28. The van der Waals surface area contributed by atoms with Gasteiger partial charge in [-0.25, -0.2) is 23.3 Å². The summed E-state index contributed by atoms with van der Waals surface area (Å²) in [5.74, 6) is -4.67. The zero-order valence-corrected chi connectivity index (χ0v) is 24.1. The molecule has 0 radical (unpaired) electrons. The Morgan fingerprint density at radius 3 is 2.40 bits per heavy atom. The van der Waals surface area contributed by atoms with Crippen molar-refractivity contribution in [2.24, 2.45) is 17.6 Å². The molecule has 2 amide bonds. The number of aromatic nitrogens is 4. The van der Waals surface area contributed by atoms with Crippen LogP contribution < -0.4 is 11.1 Å². The Hall–Kier alpha value is -3.16. The molecule has 3 N–H and O–H groups in total. The highest BCUT2D eigenvalue weighted by Crippen LogP contribution is 2.47. The number of thiazole rings is 1. The van der Waals surface area contributed by atoms with Crippen LogP contribution in [-0.2, 0) is 4.79 Å². The number of hydrogen-bond acceptors (Lipinski definition) is 6. The summed E-state index contributed by atoms with van der Waals surface area (Å²) in [6.07, 6.45) is -1.36. The van der Waals surface area contributed by atoms with E-state index in [4.69, 9.17) is 15.7 Å². The number of rotatable bonds is 10. The van der Waals surface area contributed by atoms with Gasteiger partial charge >= 0.3 is 6.18 Å². The van der Waals surface area contributed by atoms with E-state index in [2.05, 4.69) is 10.4 Å². The molecule has 0 saturated heterocycles. The van der Waals surface area contributed by atoms with Gasteiger partial charge in [0.1, 0.15) is 9.88 Å². The molecule has 14 heteroatoms. The number of nitrogens with zero attached hydrogens (tertiary/aromatic N) is 4. The van der Waals surface area contributed by atoms with Gasteiger partial charge in [-0.3, -0.25) is 9.59 Å². The third kappa shape index (κ3) is 6.90. The summed E-state index contributed by atoms with van der Waals surface area (Å²) in [7, 11) is 0. The monoisotopic (exact) mass is 612 g/mol. The maximum atomic E-state index is 14.1. The molecule has 3 aromatic heterocycles. The highest BCUT2D eigenvalue weighted by molar-refractivity contribution is 7.14. The van der Waals surface area contributed by atoms with Crippen LogP contribution in [0.4, 0.5) is 22.0 Å². The molecule has 0 spiro atoms. The molecule has 8 nitrogen and oxygen atoms in total. The molecule has 3 aromatic rings. The van der Waals surface area contributed by atoms with Gasteiger partial charge in [0.25, 0.3) is 5.91 Å². The van der Waals surface area contributed by atoms with Crippen LogP contribution in [0.5, 0.6) is 0 Å². The van der Waals surface area contributed by atoms with Gasteiger partial charge in [0.15, 0.2) is 5.65 Å². The quantitative estimate of drug-likeness (QED) is 0.262. The van der Waals surface area contributed by atoms with Crippen LogP contribution in [-0.4, -0.2) is 43.5 Å². The number of imidazole rings is 1. The van der Waals surface area contributed by atoms with Crippen molar-refractivity contribution in [2.75, 3.05) is 0 Å². The van der Waals surface area contributed by atoms with Crippen molar-refractivity contribution in [2.45, 2.75) is 95.2 Å². The van der Waals surface area contributed by atoms with E-state index >= 15 is 0 Å². The topological polar surface area (TPSA) is 115 Å². The minimum atomic E-state index is -4.42. The lowest BCUT2D eigenvalue weighted by Crippen LogP contribution is -2.30. The highest BCUT2D eigenvalue weighted by Gasteiger charge is 2.41. The summed E-state index contributed by atoms with van der Waals surface area (Å²) in [6.45, 7) is 3.80. The van der Waals surface area contributed by atoms with E-state index < -0.39 is 48.7 Å². The molecule has 2 aliphatic carbocycles. The Kier molecular flexibility index (Phi) is 8.29. The average Bonchev–Trinajstić information content (AvgIpc) is 3.50. The Balaban J connectivity index is 1.48. The molecule has 5 rings (SSSR count).